The maximum atomic E-state index is 11.1. The number of thioether (sulfide) groups is 1. The molecule has 0 heterocycles. The van der Waals surface area contributed by atoms with Crippen LogP contribution in [-0.2, 0) is 0 Å². The van der Waals surface area contributed by atoms with Crippen molar-refractivity contribution in [2.75, 3.05) is 12.1 Å². The number of carbonyl (C=O) groups excluding carboxylic acids is 1. The Morgan fingerprint density at radius 3 is 2.42 bits per heavy atom. The molecule has 1 rings (SSSR count). The van der Waals surface area contributed by atoms with Crippen molar-refractivity contribution in [1.29, 1.82) is 0 Å². The van der Waals surface area contributed by atoms with Crippen LogP contribution in [0.5, 0.6) is 0 Å². The Hall–Kier alpha value is -0.470. The molecule has 0 saturated carbocycles. The summed E-state index contributed by atoms with van der Waals surface area (Å²) in [5.74, 6) is 0.0304. The molecule has 0 fully saturated rings. The van der Waals surface area contributed by atoms with Crippen LogP contribution in [0.4, 0.5) is 0 Å². The summed E-state index contributed by atoms with van der Waals surface area (Å²) >= 11 is 7.06. The summed E-state index contributed by atoms with van der Waals surface area (Å²) in [4.78, 5) is 12.2. The van der Waals surface area contributed by atoms with Gasteiger partial charge in [0.05, 0.1) is 5.88 Å². The minimum absolute atomic E-state index is 0.0238. The molecule has 0 atom stereocenters. The lowest BCUT2D eigenvalue weighted by molar-refractivity contribution is 0.102. The van der Waals surface area contributed by atoms with E-state index < -0.39 is 0 Å². The van der Waals surface area contributed by atoms with E-state index in [0.29, 0.717) is 5.56 Å². The number of hydrogen-bond donors (Lipinski definition) is 0. The number of carbonyl (C=O) groups is 1. The highest BCUT2D eigenvalue weighted by atomic mass is 35.5. The van der Waals surface area contributed by atoms with Crippen LogP contribution in [0.1, 0.15) is 10.4 Å². The summed E-state index contributed by atoms with van der Waals surface area (Å²) in [5.41, 5.74) is 0.683. The second kappa shape index (κ2) is 4.53. The molecular formula is C9H9ClOS. The quantitative estimate of drug-likeness (QED) is 0.424. The Labute approximate surface area is 81.1 Å². The van der Waals surface area contributed by atoms with Crippen molar-refractivity contribution >= 4 is 29.1 Å². The zero-order valence-corrected chi connectivity index (χ0v) is 8.28. The van der Waals surface area contributed by atoms with Crippen LogP contribution in [0.2, 0.25) is 0 Å². The fraction of sp³-hybridized carbons (Fsp3) is 0.222. The Kier molecular flexibility index (Phi) is 3.63. The third-order valence-electron chi connectivity index (χ3n) is 1.53. The maximum Gasteiger partial charge on any atom is 0.177 e. The van der Waals surface area contributed by atoms with E-state index >= 15 is 0 Å². The van der Waals surface area contributed by atoms with E-state index in [-0.39, 0.29) is 11.7 Å². The number of alkyl halides is 1. The molecule has 0 aliphatic carbocycles. The fourth-order valence-electron chi connectivity index (χ4n) is 0.854. The lowest BCUT2D eigenvalue weighted by Crippen LogP contribution is -1.99. The van der Waals surface area contributed by atoms with Crippen molar-refractivity contribution in [3.63, 3.8) is 0 Å². The van der Waals surface area contributed by atoms with Gasteiger partial charge in [-0.1, -0.05) is 12.1 Å². The average Bonchev–Trinajstić information content (AvgIpc) is 2.17. The van der Waals surface area contributed by atoms with E-state index in [9.17, 15) is 4.79 Å². The van der Waals surface area contributed by atoms with E-state index in [0.717, 1.165) is 4.90 Å². The predicted molar refractivity (Wildman–Crippen MR) is 53.3 cm³/mol. The van der Waals surface area contributed by atoms with Crippen molar-refractivity contribution in [1.82, 2.24) is 0 Å². The third-order valence-corrected chi connectivity index (χ3v) is 2.52. The minimum atomic E-state index is -0.0238. The molecule has 0 aliphatic heterocycles. The highest BCUT2D eigenvalue weighted by Crippen LogP contribution is 2.15. The van der Waals surface area contributed by atoms with Crippen molar-refractivity contribution in [2.24, 2.45) is 0 Å². The summed E-state index contributed by atoms with van der Waals surface area (Å²) < 4.78 is 0. The van der Waals surface area contributed by atoms with Crippen molar-refractivity contribution in [2.45, 2.75) is 4.90 Å². The molecule has 0 radical (unpaired) electrons. The first-order chi connectivity index (χ1) is 5.77. The number of halogens is 1. The average molecular weight is 201 g/mol. The topological polar surface area (TPSA) is 17.1 Å². The second-order valence-electron chi connectivity index (χ2n) is 2.29. The van der Waals surface area contributed by atoms with E-state index in [1.165, 1.54) is 0 Å². The first kappa shape index (κ1) is 9.62. The first-order valence-corrected chi connectivity index (χ1v) is 5.27. The molecule has 1 nitrogen and oxygen atoms in total. The highest BCUT2D eigenvalue weighted by Gasteiger charge is 2.02. The van der Waals surface area contributed by atoms with Gasteiger partial charge in [-0.15, -0.1) is 23.4 Å². The molecule has 0 aliphatic rings. The standard InChI is InChI=1S/C9H9ClOS/c1-12-8-4-2-7(3-5-8)9(11)6-10/h2-5H,6H2,1H3. The Bertz CT molecular complexity index is 268. The van der Waals surface area contributed by atoms with Crippen molar-refractivity contribution in [3.8, 4) is 0 Å². The molecule has 0 spiro atoms. The van der Waals surface area contributed by atoms with Gasteiger partial charge in [0.15, 0.2) is 5.78 Å². The molecule has 0 amide bonds. The third kappa shape index (κ3) is 2.26. The molecule has 64 valence electrons. The summed E-state index contributed by atoms with van der Waals surface area (Å²) in [7, 11) is 0. The van der Waals surface area contributed by atoms with Gasteiger partial charge in [-0.05, 0) is 18.4 Å². The van der Waals surface area contributed by atoms with Crippen LogP contribution >= 0.6 is 23.4 Å². The monoisotopic (exact) mass is 200 g/mol. The van der Waals surface area contributed by atoms with Crippen LogP contribution in [0.15, 0.2) is 29.2 Å². The second-order valence-corrected chi connectivity index (χ2v) is 3.43. The lowest BCUT2D eigenvalue weighted by atomic mass is 10.1. The first-order valence-electron chi connectivity index (χ1n) is 3.51. The highest BCUT2D eigenvalue weighted by molar-refractivity contribution is 7.98. The lowest BCUT2D eigenvalue weighted by Gasteiger charge is -1.98. The molecule has 1 aromatic rings. The van der Waals surface area contributed by atoms with Crippen LogP contribution in [0, 0.1) is 0 Å². The van der Waals surface area contributed by atoms with E-state index in [1.807, 2.05) is 18.4 Å². The summed E-state index contributed by atoms with van der Waals surface area (Å²) in [6.07, 6.45) is 2.00. The normalized spacial score (nSPS) is 9.83. The number of ketones is 1. The van der Waals surface area contributed by atoms with E-state index in [4.69, 9.17) is 11.6 Å². The minimum Gasteiger partial charge on any atom is -0.293 e. The molecule has 0 saturated heterocycles. The molecule has 0 aromatic heterocycles. The molecule has 0 N–H and O–H groups in total. The van der Waals surface area contributed by atoms with Gasteiger partial charge in [-0.3, -0.25) is 4.79 Å². The summed E-state index contributed by atoms with van der Waals surface area (Å²) in [6, 6.07) is 7.45. The van der Waals surface area contributed by atoms with Gasteiger partial charge in [0, 0.05) is 10.5 Å². The summed E-state index contributed by atoms with van der Waals surface area (Å²) in [6.45, 7) is 0. The fourth-order valence-corrected chi connectivity index (χ4v) is 1.42. The van der Waals surface area contributed by atoms with Gasteiger partial charge in [-0.25, -0.2) is 0 Å². The zero-order valence-electron chi connectivity index (χ0n) is 6.71. The largest absolute Gasteiger partial charge is 0.293 e. The molecule has 3 heteroatoms. The zero-order chi connectivity index (χ0) is 8.97. The summed E-state index contributed by atoms with van der Waals surface area (Å²) in [5, 5.41) is 0. The van der Waals surface area contributed by atoms with E-state index in [2.05, 4.69) is 0 Å². The van der Waals surface area contributed by atoms with Crippen LogP contribution < -0.4 is 0 Å². The van der Waals surface area contributed by atoms with Gasteiger partial charge in [-0.2, -0.15) is 0 Å². The van der Waals surface area contributed by atoms with E-state index in [1.54, 1.807) is 23.9 Å². The van der Waals surface area contributed by atoms with Gasteiger partial charge >= 0.3 is 0 Å². The molecular weight excluding hydrogens is 192 g/mol. The SMILES string of the molecule is CSc1ccc(C(=O)CCl)cc1. The van der Waals surface area contributed by atoms with Crippen molar-refractivity contribution < 1.29 is 4.79 Å². The number of hydrogen-bond acceptors (Lipinski definition) is 2. The number of rotatable bonds is 3. The Morgan fingerprint density at radius 2 is 2.00 bits per heavy atom. The van der Waals surface area contributed by atoms with Crippen LogP contribution in [0.3, 0.4) is 0 Å². The molecule has 12 heavy (non-hydrogen) atoms. The van der Waals surface area contributed by atoms with Gasteiger partial charge < -0.3 is 0 Å². The van der Waals surface area contributed by atoms with Gasteiger partial charge in [0.25, 0.3) is 0 Å². The molecule has 0 unspecified atom stereocenters. The van der Waals surface area contributed by atoms with Gasteiger partial charge in [0.1, 0.15) is 0 Å². The predicted octanol–water partition coefficient (Wildman–Crippen LogP) is 2.83. The van der Waals surface area contributed by atoms with Crippen molar-refractivity contribution in [3.05, 3.63) is 29.8 Å². The maximum absolute atomic E-state index is 11.1. The number of Topliss-reactive ketones (excluding diaryl/α,β-unsaturated/α-hetero) is 1. The van der Waals surface area contributed by atoms with Crippen LogP contribution in [-0.4, -0.2) is 17.9 Å². The number of benzene rings is 1. The molecule has 1 aromatic carbocycles. The van der Waals surface area contributed by atoms with Crippen LogP contribution in [0.25, 0.3) is 0 Å². The van der Waals surface area contributed by atoms with Gasteiger partial charge in [0.2, 0.25) is 0 Å². The Morgan fingerprint density at radius 1 is 1.42 bits per heavy atom. The smallest absolute Gasteiger partial charge is 0.177 e. The molecule has 0 bridgehead atoms. The Balaban J connectivity index is 2.84.